The van der Waals surface area contributed by atoms with E-state index < -0.39 is 0 Å². The number of ether oxygens (including phenoxy) is 1. The van der Waals surface area contributed by atoms with Gasteiger partial charge in [0.1, 0.15) is 4.88 Å². The molecule has 0 amide bonds. The van der Waals surface area contributed by atoms with Gasteiger partial charge in [0.15, 0.2) is 6.29 Å². The minimum absolute atomic E-state index is 0.356. The third-order valence-corrected chi connectivity index (χ3v) is 3.26. The molecule has 0 radical (unpaired) electrons. The molecule has 86 valence electrons. The van der Waals surface area contributed by atoms with Crippen LogP contribution in [-0.2, 0) is 4.74 Å². The van der Waals surface area contributed by atoms with Crippen molar-refractivity contribution in [1.82, 2.24) is 4.98 Å². The highest BCUT2D eigenvalue weighted by Crippen LogP contribution is 2.26. The van der Waals surface area contributed by atoms with Crippen LogP contribution < -0.4 is 0 Å². The van der Waals surface area contributed by atoms with Crippen LogP contribution in [0, 0.1) is 0 Å². The summed E-state index contributed by atoms with van der Waals surface area (Å²) >= 11 is 1.31. The van der Waals surface area contributed by atoms with E-state index in [1.165, 1.54) is 24.6 Å². The standard InChI is InChI=1S/C12H9NO3S/c1-16-12(15)11-5-4-10(17-11)9-3-2-8(7-14)6-13-9/h2-7H,1H3. The minimum Gasteiger partial charge on any atom is -0.465 e. The summed E-state index contributed by atoms with van der Waals surface area (Å²) in [6.07, 6.45) is 2.24. The van der Waals surface area contributed by atoms with Crippen molar-refractivity contribution in [1.29, 1.82) is 0 Å². The number of hydrogen-bond donors (Lipinski definition) is 0. The molecule has 0 saturated carbocycles. The molecule has 0 N–H and O–H groups in total. The molecule has 5 heteroatoms. The van der Waals surface area contributed by atoms with Crippen LogP contribution in [0.1, 0.15) is 20.0 Å². The van der Waals surface area contributed by atoms with Gasteiger partial charge in [0.25, 0.3) is 0 Å². The molecule has 4 nitrogen and oxygen atoms in total. The van der Waals surface area contributed by atoms with E-state index in [4.69, 9.17) is 0 Å². The molecule has 0 bridgehead atoms. The Labute approximate surface area is 102 Å². The number of aromatic nitrogens is 1. The summed E-state index contributed by atoms with van der Waals surface area (Å²) in [5, 5.41) is 0. The Morgan fingerprint density at radius 3 is 2.76 bits per heavy atom. The summed E-state index contributed by atoms with van der Waals surface area (Å²) in [6.45, 7) is 0. The van der Waals surface area contributed by atoms with Gasteiger partial charge in [-0.3, -0.25) is 9.78 Å². The molecule has 0 aromatic carbocycles. The highest BCUT2D eigenvalue weighted by molar-refractivity contribution is 7.17. The van der Waals surface area contributed by atoms with Crippen molar-refractivity contribution < 1.29 is 14.3 Å². The van der Waals surface area contributed by atoms with Crippen LogP contribution in [0.4, 0.5) is 0 Å². The van der Waals surface area contributed by atoms with Crippen LogP contribution in [0.5, 0.6) is 0 Å². The number of carbonyl (C=O) groups excluding carboxylic acids is 2. The van der Waals surface area contributed by atoms with Gasteiger partial charge < -0.3 is 4.74 Å². The number of pyridine rings is 1. The normalized spacial score (nSPS) is 9.94. The second-order valence-corrected chi connectivity index (χ2v) is 4.33. The van der Waals surface area contributed by atoms with E-state index in [1.54, 1.807) is 24.3 Å². The Kier molecular flexibility index (Phi) is 3.30. The molecule has 0 spiro atoms. The van der Waals surface area contributed by atoms with Crippen molar-refractivity contribution in [3.05, 3.63) is 40.9 Å². The number of esters is 1. The zero-order chi connectivity index (χ0) is 12.3. The number of aldehydes is 1. The zero-order valence-corrected chi connectivity index (χ0v) is 9.86. The molecule has 0 atom stereocenters. The lowest BCUT2D eigenvalue weighted by molar-refractivity contribution is 0.0606. The molecular weight excluding hydrogens is 238 g/mol. The predicted octanol–water partition coefficient (Wildman–Crippen LogP) is 2.41. The number of methoxy groups -OCH3 is 1. The van der Waals surface area contributed by atoms with E-state index in [2.05, 4.69) is 9.72 Å². The Balaban J connectivity index is 2.30. The first-order valence-electron chi connectivity index (χ1n) is 4.84. The van der Waals surface area contributed by atoms with Crippen LogP contribution in [-0.4, -0.2) is 24.3 Å². The smallest absolute Gasteiger partial charge is 0.348 e. The van der Waals surface area contributed by atoms with Crippen molar-refractivity contribution in [2.75, 3.05) is 7.11 Å². The second-order valence-electron chi connectivity index (χ2n) is 3.25. The Bertz CT molecular complexity index is 545. The average molecular weight is 247 g/mol. The van der Waals surface area contributed by atoms with Gasteiger partial charge in [-0.05, 0) is 24.3 Å². The Morgan fingerprint density at radius 2 is 2.18 bits per heavy atom. The molecule has 2 heterocycles. The fourth-order valence-corrected chi connectivity index (χ4v) is 2.21. The third-order valence-electron chi connectivity index (χ3n) is 2.17. The lowest BCUT2D eigenvalue weighted by Crippen LogP contribution is -1.96. The predicted molar refractivity (Wildman–Crippen MR) is 64.3 cm³/mol. The van der Waals surface area contributed by atoms with Gasteiger partial charge in [0.05, 0.1) is 17.7 Å². The molecule has 0 aliphatic heterocycles. The van der Waals surface area contributed by atoms with E-state index >= 15 is 0 Å². The van der Waals surface area contributed by atoms with Crippen molar-refractivity contribution in [3.63, 3.8) is 0 Å². The molecule has 2 aromatic heterocycles. The molecular formula is C12H9NO3S. The molecule has 0 aliphatic carbocycles. The van der Waals surface area contributed by atoms with Crippen LogP contribution in [0.15, 0.2) is 30.5 Å². The molecule has 2 aromatic rings. The number of nitrogens with zero attached hydrogens (tertiary/aromatic N) is 1. The third kappa shape index (κ3) is 2.39. The van der Waals surface area contributed by atoms with Crippen LogP contribution in [0.25, 0.3) is 10.6 Å². The number of rotatable bonds is 3. The van der Waals surface area contributed by atoms with Crippen LogP contribution in [0.2, 0.25) is 0 Å². The monoisotopic (exact) mass is 247 g/mol. The van der Waals surface area contributed by atoms with Gasteiger partial charge in [-0.15, -0.1) is 11.3 Å². The molecule has 17 heavy (non-hydrogen) atoms. The lowest BCUT2D eigenvalue weighted by atomic mass is 10.2. The van der Waals surface area contributed by atoms with Crippen molar-refractivity contribution in [3.8, 4) is 10.6 Å². The van der Waals surface area contributed by atoms with Crippen molar-refractivity contribution in [2.24, 2.45) is 0 Å². The van der Waals surface area contributed by atoms with E-state index in [1.807, 2.05) is 0 Å². The highest BCUT2D eigenvalue weighted by Gasteiger charge is 2.10. The van der Waals surface area contributed by atoms with E-state index in [-0.39, 0.29) is 5.97 Å². The van der Waals surface area contributed by atoms with E-state index in [0.717, 1.165) is 16.9 Å². The van der Waals surface area contributed by atoms with E-state index in [9.17, 15) is 9.59 Å². The minimum atomic E-state index is -0.356. The maximum absolute atomic E-state index is 11.3. The maximum atomic E-state index is 11.3. The number of hydrogen-bond acceptors (Lipinski definition) is 5. The second kappa shape index (κ2) is 4.88. The highest BCUT2D eigenvalue weighted by atomic mass is 32.1. The first-order chi connectivity index (χ1) is 8.24. The Hall–Kier alpha value is -2.01. The molecule has 0 fully saturated rings. The average Bonchev–Trinajstić information content (AvgIpc) is 2.87. The van der Waals surface area contributed by atoms with Gasteiger partial charge in [0.2, 0.25) is 0 Å². The summed E-state index contributed by atoms with van der Waals surface area (Å²) in [5.41, 5.74) is 1.26. The zero-order valence-electron chi connectivity index (χ0n) is 9.04. The number of thiophene rings is 1. The fourth-order valence-electron chi connectivity index (χ4n) is 1.31. The quantitative estimate of drug-likeness (QED) is 0.617. The fraction of sp³-hybridized carbons (Fsp3) is 0.0833. The van der Waals surface area contributed by atoms with Gasteiger partial charge in [-0.1, -0.05) is 0 Å². The summed E-state index contributed by atoms with van der Waals surface area (Å²) in [6, 6.07) is 6.93. The topological polar surface area (TPSA) is 56.3 Å². The van der Waals surface area contributed by atoms with E-state index in [0.29, 0.717) is 10.4 Å². The summed E-state index contributed by atoms with van der Waals surface area (Å²) in [5.74, 6) is -0.356. The van der Waals surface area contributed by atoms with Gasteiger partial charge in [0, 0.05) is 11.8 Å². The van der Waals surface area contributed by atoms with Gasteiger partial charge >= 0.3 is 5.97 Å². The summed E-state index contributed by atoms with van der Waals surface area (Å²) in [4.78, 5) is 27.3. The first-order valence-corrected chi connectivity index (χ1v) is 5.66. The first kappa shape index (κ1) is 11.5. The lowest BCUT2D eigenvalue weighted by Gasteiger charge is -1.96. The van der Waals surface area contributed by atoms with Crippen LogP contribution >= 0.6 is 11.3 Å². The SMILES string of the molecule is COC(=O)c1ccc(-c2ccc(C=O)cn2)s1. The molecule has 0 unspecified atom stereocenters. The maximum Gasteiger partial charge on any atom is 0.348 e. The van der Waals surface area contributed by atoms with Crippen molar-refractivity contribution in [2.45, 2.75) is 0 Å². The summed E-state index contributed by atoms with van der Waals surface area (Å²) < 4.78 is 4.63. The van der Waals surface area contributed by atoms with Crippen molar-refractivity contribution >= 4 is 23.6 Å². The van der Waals surface area contributed by atoms with Gasteiger partial charge in [-0.2, -0.15) is 0 Å². The molecule has 0 saturated heterocycles. The number of carbonyl (C=O) groups is 2. The van der Waals surface area contributed by atoms with Gasteiger partial charge in [-0.25, -0.2) is 4.79 Å². The molecule has 0 aliphatic rings. The largest absolute Gasteiger partial charge is 0.465 e. The Morgan fingerprint density at radius 1 is 1.35 bits per heavy atom. The molecule has 2 rings (SSSR count). The van der Waals surface area contributed by atoms with Crippen LogP contribution in [0.3, 0.4) is 0 Å². The summed E-state index contributed by atoms with van der Waals surface area (Å²) in [7, 11) is 1.35.